The number of pyridine rings is 1. The number of amides is 1. The van der Waals surface area contributed by atoms with E-state index in [1.165, 1.54) is 6.07 Å². The minimum Gasteiger partial charge on any atom is -0.444 e. The number of benzene rings is 2. The van der Waals surface area contributed by atoms with Crippen LogP contribution in [0.15, 0.2) is 48.8 Å². The van der Waals surface area contributed by atoms with Crippen LogP contribution in [-0.4, -0.2) is 22.5 Å². The van der Waals surface area contributed by atoms with Gasteiger partial charge in [0.1, 0.15) is 11.4 Å². The Morgan fingerprint density at radius 1 is 1.10 bits per heavy atom. The molecule has 5 nitrogen and oxygen atoms in total. The number of nitrogens with zero attached hydrogens (tertiary/aromatic N) is 1. The monoisotopic (exact) mass is 408 g/mol. The van der Waals surface area contributed by atoms with Gasteiger partial charge >= 0.3 is 6.09 Å². The SMILES string of the molecule is Cc1c(C(C)NC(=O)OC(C)(C)C)ccc(C(=O)c2cccc3cnccc23)c1F. The van der Waals surface area contributed by atoms with Gasteiger partial charge in [-0.15, -0.1) is 0 Å². The molecule has 0 saturated heterocycles. The molecule has 6 heteroatoms. The minimum absolute atomic E-state index is 0.00923. The second-order valence-electron chi connectivity index (χ2n) is 8.24. The first-order valence-electron chi connectivity index (χ1n) is 9.74. The number of aromatic nitrogens is 1. The molecule has 0 fully saturated rings. The minimum atomic E-state index is -0.631. The number of ketones is 1. The predicted octanol–water partition coefficient (Wildman–Crippen LogP) is 5.50. The Hall–Kier alpha value is -3.28. The molecule has 0 aliphatic carbocycles. The summed E-state index contributed by atoms with van der Waals surface area (Å²) in [6, 6.07) is 9.68. The van der Waals surface area contributed by atoms with Crippen LogP contribution in [0.1, 0.15) is 60.8 Å². The highest BCUT2D eigenvalue weighted by molar-refractivity contribution is 6.16. The molecule has 1 amide bonds. The lowest BCUT2D eigenvalue weighted by molar-refractivity contribution is 0.0507. The van der Waals surface area contributed by atoms with Crippen LogP contribution < -0.4 is 5.32 Å². The third kappa shape index (κ3) is 4.48. The zero-order chi connectivity index (χ0) is 22.1. The number of carbonyl (C=O) groups is 2. The largest absolute Gasteiger partial charge is 0.444 e. The van der Waals surface area contributed by atoms with E-state index in [0.717, 1.165) is 10.8 Å². The Morgan fingerprint density at radius 2 is 1.83 bits per heavy atom. The number of nitrogens with one attached hydrogen (secondary N) is 1. The quantitative estimate of drug-likeness (QED) is 0.579. The fraction of sp³-hybridized carbons (Fsp3) is 0.292. The summed E-state index contributed by atoms with van der Waals surface area (Å²) in [5, 5.41) is 4.24. The molecule has 1 atom stereocenters. The summed E-state index contributed by atoms with van der Waals surface area (Å²) in [5.74, 6) is -0.992. The summed E-state index contributed by atoms with van der Waals surface area (Å²) >= 11 is 0. The lowest BCUT2D eigenvalue weighted by Crippen LogP contribution is -2.34. The van der Waals surface area contributed by atoms with Gasteiger partial charge in [0, 0.05) is 23.3 Å². The molecular formula is C24H25FN2O3. The van der Waals surface area contributed by atoms with E-state index >= 15 is 4.39 Å². The van der Waals surface area contributed by atoms with Crippen LogP contribution in [0, 0.1) is 12.7 Å². The molecule has 0 aliphatic heterocycles. The van der Waals surface area contributed by atoms with E-state index in [9.17, 15) is 9.59 Å². The lowest BCUT2D eigenvalue weighted by Gasteiger charge is -2.23. The highest BCUT2D eigenvalue weighted by atomic mass is 19.1. The molecule has 3 aromatic rings. The number of halogens is 1. The van der Waals surface area contributed by atoms with Crippen LogP contribution in [-0.2, 0) is 4.74 Å². The van der Waals surface area contributed by atoms with E-state index in [4.69, 9.17) is 4.74 Å². The Bertz CT molecular complexity index is 1110. The zero-order valence-electron chi connectivity index (χ0n) is 17.7. The van der Waals surface area contributed by atoms with Crippen molar-refractivity contribution in [1.29, 1.82) is 0 Å². The van der Waals surface area contributed by atoms with Crippen LogP contribution in [0.2, 0.25) is 0 Å². The van der Waals surface area contributed by atoms with Gasteiger partial charge in [-0.1, -0.05) is 24.3 Å². The number of alkyl carbamates (subject to hydrolysis) is 1. The number of ether oxygens (including phenoxy) is 1. The smallest absolute Gasteiger partial charge is 0.408 e. The molecule has 0 radical (unpaired) electrons. The van der Waals surface area contributed by atoms with Crippen molar-refractivity contribution in [1.82, 2.24) is 10.3 Å². The fourth-order valence-electron chi connectivity index (χ4n) is 3.37. The van der Waals surface area contributed by atoms with Crippen LogP contribution in [0.5, 0.6) is 0 Å². The first-order valence-corrected chi connectivity index (χ1v) is 9.74. The number of carbonyl (C=O) groups excluding carboxylic acids is 2. The number of rotatable bonds is 4. The van der Waals surface area contributed by atoms with E-state index in [0.29, 0.717) is 16.7 Å². The van der Waals surface area contributed by atoms with Crippen molar-refractivity contribution in [3.63, 3.8) is 0 Å². The molecule has 30 heavy (non-hydrogen) atoms. The van der Waals surface area contributed by atoms with Crippen molar-refractivity contribution in [2.45, 2.75) is 46.3 Å². The standard InChI is InChI=1S/C24H25FN2O3/c1-14-17(15(2)27-23(29)30-24(3,4)5)9-10-20(21(14)25)22(28)19-8-6-7-16-13-26-12-11-18(16)19/h6-13,15H,1-5H3,(H,27,29). The predicted molar refractivity (Wildman–Crippen MR) is 114 cm³/mol. The van der Waals surface area contributed by atoms with Gasteiger partial charge in [-0.2, -0.15) is 0 Å². The van der Waals surface area contributed by atoms with Gasteiger partial charge in [-0.05, 0) is 63.3 Å². The molecule has 1 unspecified atom stereocenters. The molecule has 2 aromatic carbocycles. The molecule has 1 N–H and O–H groups in total. The summed E-state index contributed by atoms with van der Waals surface area (Å²) in [6.45, 7) is 8.65. The van der Waals surface area contributed by atoms with E-state index in [1.807, 2.05) is 6.07 Å². The summed E-state index contributed by atoms with van der Waals surface area (Å²) < 4.78 is 20.4. The summed E-state index contributed by atoms with van der Waals surface area (Å²) in [6.07, 6.45) is 2.69. The molecule has 1 heterocycles. The van der Waals surface area contributed by atoms with Gasteiger partial charge in [0.05, 0.1) is 11.6 Å². The van der Waals surface area contributed by atoms with E-state index < -0.39 is 29.3 Å². The second kappa shape index (κ2) is 8.22. The van der Waals surface area contributed by atoms with Crippen LogP contribution in [0.25, 0.3) is 10.8 Å². The topological polar surface area (TPSA) is 68.3 Å². The zero-order valence-corrected chi connectivity index (χ0v) is 17.7. The number of hydrogen-bond acceptors (Lipinski definition) is 4. The molecule has 3 rings (SSSR count). The van der Waals surface area contributed by atoms with Crippen molar-refractivity contribution >= 4 is 22.6 Å². The molecule has 0 aliphatic rings. The molecule has 1 aromatic heterocycles. The molecule has 0 saturated carbocycles. The van der Waals surface area contributed by atoms with Gasteiger partial charge in [0.25, 0.3) is 0 Å². The summed E-state index contributed by atoms with van der Waals surface area (Å²) in [4.78, 5) is 29.2. The number of fused-ring (bicyclic) bond motifs is 1. The van der Waals surface area contributed by atoms with Crippen LogP contribution in [0.4, 0.5) is 9.18 Å². The third-order valence-corrected chi connectivity index (χ3v) is 4.80. The van der Waals surface area contributed by atoms with Gasteiger partial charge in [0.15, 0.2) is 5.78 Å². The van der Waals surface area contributed by atoms with Gasteiger partial charge in [-0.25, -0.2) is 9.18 Å². The molecule has 0 bridgehead atoms. The fourth-order valence-corrected chi connectivity index (χ4v) is 3.37. The van der Waals surface area contributed by atoms with Crippen molar-refractivity contribution in [3.8, 4) is 0 Å². The van der Waals surface area contributed by atoms with Crippen molar-refractivity contribution < 1.29 is 18.7 Å². The average molecular weight is 408 g/mol. The first-order chi connectivity index (χ1) is 14.1. The Morgan fingerprint density at radius 3 is 2.53 bits per heavy atom. The third-order valence-electron chi connectivity index (χ3n) is 4.80. The van der Waals surface area contributed by atoms with E-state index in [2.05, 4.69) is 10.3 Å². The highest BCUT2D eigenvalue weighted by Gasteiger charge is 2.23. The van der Waals surface area contributed by atoms with Gasteiger partial charge < -0.3 is 10.1 Å². The van der Waals surface area contributed by atoms with Crippen LogP contribution >= 0.6 is 0 Å². The molecular weight excluding hydrogens is 383 g/mol. The maximum Gasteiger partial charge on any atom is 0.408 e. The normalized spacial score (nSPS) is 12.5. The summed E-state index contributed by atoms with van der Waals surface area (Å²) in [5.41, 5.74) is 0.670. The van der Waals surface area contributed by atoms with E-state index in [-0.39, 0.29) is 5.56 Å². The number of hydrogen-bond donors (Lipinski definition) is 1. The Kier molecular flexibility index (Phi) is 5.87. The van der Waals surface area contributed by atoms with Crippen molar-refractivity contribution in [2.75, 3.05) is 0 Å². The van der Waals surface area contributed by atoms with Crippen molar-refractivity contribution in [3.05, 3.63) is 76.9 Å². The average Bonchev–Trinajstić information content (AvgIpc) is 2.67. The Labute approximate surface area is 175 Å². The maximum atomic E-state index is 15.2. The lowest BCUT2D eigenvalue weighted by atomic mass is 9.93. The van der Waals surface area contributed by atoms with Crippen LogP contribution in [0.3, 0.4) is 0 Å². The molecule has 156 valence electrons. The first kappa shape index (κ1) is 21.4. The second-order valence-corrected chi connectivity index (χ2v) is 8.24. The Balaban J connectivity index is 1.91. The van der Waals surface area contributed by atoms with E-state index in [1.54, 1.807) is 71.3 Å². The molecule has 0 spiro atoms. The van der Waals surface area contributed by atoms with Crippen molar-refractivity contribution in [2.24, 2.45) is 0 Å². The maximum absolute atomic E-state index is 15.2. The van der Waals surface area contributed by atoms with Gasteiger partial charge in [0.2, 0.25) is 0 Å². The van der Waals surface area contributed by atoms with Gasteiger partial charge in [-0.3, -0.25) is 9.78 Å². The summed E-state index contributed by atoms with van der Waals surface area (Å²) in [7, 11) is 0. The highest BCUT2D eigenvalue weighted by Crippen LogP contribution is 2.27.